The summed E-state index contributed by atoms with van der Waals surface area (Å²) in [6.07, 6.45) is 15.4. The molecule has 0 unspecified atom stereocenters. The van der Waals surface area contributed by atoms with Gasteiger partial charge in [0.1, 0.15) is 0 Å². The van der Waals surface area contributed by atoms with Crippen molar-refractivity contribution >= 4 is 8.32 Å². The summed E-state index contributed by atoms with van der Waals surface area (Å²) in [4.78, 5) is 0. The van der Waals surface area contributed by atoms with Crippen LogP contribution >= 0.6 is 0 Å². The van der Waals surface area contributed by atoms with Crippen LogP contribution in [0.1, 0.15) is 98.3 Å². The van der Waals surface area contributed by atoms with Crippen LogP contribution in [0.3, 0.4) is 0 Å². The Labute approximate surface area is 153 Å². The Morgan fingerprint density at radius 2 is 1.42 bits per heavy atom. The van der Waals surface area contributed by atoms with Crippen LogP contribution in [0.25, 0.3) is 0 Å². The van der Waals surface area contributed by atoms with Gasteiger partial charge in [-0.3, -0.25) is 0 Å². The quantitative estimate of drug-likeness (QED) is 0.312. The normalized spacial score (nSPS) is 22.2. The molecule has 0 aromatic rings. The molecule has 24 heavy (non-hydrogen) atoms. The highest BCUT2D eigenvalue weighted by molar-refractivity contribution is 6.74. The maximum atomic E-state index is 6.39. The molecule has 1 heterocycles. The van der Waals surface area contributed by atoms with Gasteiger partial charge in [-0.05, 0) is 37.4 Å². The highest BCUT2D eigenvalue weighted by atomic mass is 28.4. The maximum Gasteiger partial charge on any atom is 0.192 e. The maximum absolute atomic E-state index is 6.39. The molecule has 1 fully saturated rings. The fourth-order valence-electron chi connectivity index (χ4n) is 3.31. The zero-order chi connectivity index (χ0) is 18.1. The highest BCUT2D eigenvalue weighted by Crippen LogP contribution is 2.36. The molecule has 1 aliphatic heterocycles. The van der Waals surface area contributed by atoms with E-state index in [0.29, 0.717) is 11.1 Å². The summed E-state index contributed by atoms with van der Waals surface area (Å²) in [6, 6.07) is 1.34. The number of hydrogen-bond acceptors (Lipinski definition) is 2. The van der Waals surface area contributed by atoms with Crippen LogP contribution in [0.4, 0.5) is 0 Å². The van der Waals surface area contributed by atoms with Crippen molar-refractivity contribution in [3.63, 3.8) is 0 Å². The van der Waals surface area contributed by atoms with Crippen LogP contribution in [0, 0.1) is 0 Å². The lowest BCUT2D eigenvalue weighted by molar-refractivity contribution is 0.249. The molecular formula is C21H45NOSi. The van der Waals surface area contributed by atoms with Gasteiger partial charge in [0.15, 0.2) is 8.32 Å². The van der Waals surface area contributed by atoms with E-state index in [0.717, 1.165) is 12.6 Å². The summed E-state index contributed by atoms with van der Waals surface area (Å²) >= 11 is 0. The van der Waals surface area contributed by atoms with Crippen LogP contribution < -0.4 is 5.32 Å². The molecule has 1 saturated heterocycles. The van der Waals surface area contributed by atoms with Gasteiger partial charge in [-0.2, -0.15) is 0 Å². The first-order chi connectivity index (χ1) is 11.3. The van der Waals surface area contributed by atoms with E-state index in [1.807, 2.05) is 0 Å². The lowest BCUT2D eigenvalue weighted by Gasteiger charge is -2.37. The van der Waals surface area contributed by atoms with Gasteiger partial charge in [0.05, 0.1) is 0 Å². The Hall–Kier alpha value is 0.137. The van der Waals surface area contributed by atoms with Crippen LogP contribution in [-0.4, -0.2) is 27.0 Å². The van der Waals surface area contributed by atoms with E-state index in [-0.39, 0.29) is 0 Å². The zero-order valence-electron chi connectivity index (χ0n) is 17.5. The molecule has 0 aromatic carbocycles. The van der Waals surface area contributed by atoms with Crippen molar-refractivity contribution in [2.24, 2.45) is 0 Å². The molecule has 0 aromatic heterocycles. The van der Waals surface area contributed by atoms with Crippen LogP contribution in [0.2, 0.25) is 18.1 Å². The third kappa shape index (κ3) is 8.49. The molecule has 2 nitrogen and oxygen atoms in total. The first-order valence-corrected chi connectivity index (χ1v) is 13.6. The summed E-state index contributed by atoms with van der Waals surface area (Å²) in [5.74, 6) is 0. The van der Waals surface area contributed by atoms with Crippen molar-refractivity contribution in [3.05, 3.63) is 0 Å². The highest BCUT2D eigenvalue weighted by Gasteiger charge is 2.38. The van der Waals surface area contributed by atoms with Gasteiger partial charge in [-0.25, -0.2) is 0 Å². The Morgan fingerprint density at radius 1 is 0.875 bits per heavy atom. The average molecular weight is 356 g/mol. The van der Waals surface area contributed by atoms with Crippen molar-refractivity contribution in [3.8, 4) is 0 Å². The smallest absolute Gasteiger partial charge is 0.192 e. The molecule has 1 aliphatic rings. The van der Waals surface area contributed by atoms with Gasteiger partial charge in [-0.1, -0.05) is 79.1 Å². The van der Waals surface area contributed by atoms with Crippen molar-refractivity contribution in [2.75, 3.05) is 6.61 Å². The first-order valence-electron chi connectivity index (χ1n) is 10.7. The van der Waals surface area contributed by atoms with E-state index >= 15 is 0 Å². The Balaban J connectivity index is 2.06. The second-order valence-electron chi connectivity index (χ2n) is 9.47. The average Bonchev–Trinajstić information content (AvgIpc) is 2.95. The summed E-state index contributed by atoms with van der Waals surface area (Å²) in [5, 5.41) is 4.15. The molecule has 0 aliphatic carbocycles. The molecule has 2 atom stereocenters. The van der Waals surface area contributed by atoms with E-state index in [4.69, 9.17) is 4.43 Å². The molecule has 0 bridgehead atoms. The minimum Gasteiger partial charge on any atom is -0.415 e. The van der Waals surface area contributed by atoms with Crippen molar-refractivity contribution in [1.82, 2.24) is 5.32 Å². The predicted octanol–water partition coefficient (Wildman–Crippen LogP) is 6.66. The van der Waals surface area contributed by atoms with Gasteiger partial charge < -0.3 is 9.74 Å². The van der Waals surface area contributed by atoms with E-state index in [2.05, 4.69) is 46.1 Å². The second kappa shape index (κ2) is 11.0. The van der Waals surface area contributed by atoms with E-state index in [1.54, 1.807) is 0 Å². The van der Waals surface area contributed by atoms with Crippen LogP contribution in [0.15, 0.2) is 0 Å². The lowest BCUT2D eigenvalue weighted by atomic mass is 10.0. The number of unbranched alkanes of at least 4 members (excludes halogenated alkanes) is 7. The third-order valence-corrected chi connectivity index (χ3v) is 10.7. The molecule has 3 heteroatoms. The van der Waals surface area contributed by atoms with Crippen molar-refractivity contribution in [1.29, 1.82) is 0 Å². The molecule has 144 valence electrons. The van der Waals surface area contributed by atoms with E-state index in [9.17, 15) is 0 Å². The van der Waals surface area contributed by atoms with Crippen molar-refractivity contribution < 1.29 is 4.43 Å². The lowest BCUT2D eigenvalue weighted by Crippen LogP contribution is -2.44. The zero-order valence-corrected chi connectivity index (χ0v) is 18.5. The van der Waals surface area contributed by atoms with E-state index in [1.165, 1.54) is 70.6 Å². The molecule has 0 spiro atoms. The SMILES string of the molecule is CCCCCCCCCC[C@H]1CC[C@@H](CO[Si](C)(C)C(C)(C)C)N1. The largest absolute Gasteiger partial charge is 0.415 e. The second-order valence-corrected chi connectivity index (χ2v) is 14.3. The van der Waals surface area contributed by atoms with Crippen LogP contribution in [-0.2, 0) is 4.43 Å². The topological polar surface area (TPSA) is 21.3 Å². The number of hydrogen-bond donors (Lipinski definition) is 1. The fourth-order valence-corrected chi connectivity index (χ4v) is 4.36. The summed E-state index contributed by atoms with van der Waals surface area (Å²) in [5.41, 5.74) is 0. The Morgan fingerprint density at radius 3 is 2.00 bits per heavy atom. The van der Waals surface area contributed by atoms with E-state index < -0.39 is 8.32 Å². The third-order valence-electron chi connectivity index (χ3n) is 6.19. The minimum absolute atomic E-state index is 0.322. The Bertz CT molecular complexity index is 324. The van der Waals surface area contributed by atoms with Gasteiger partial charge in [0.25, 0.3) is 0 Å². The number of nitrogens with one attached hydrogen (secondary N) is 1. The number of rotatable bonds is 12. The molecule has 0 radical (unpaired) electrons. The predicted molar refractivity (Wildman–Crippen MR) is 110 cm³/mol. The Kier molecular flexibility index (Phi) is 10.1. The molecule has 1 rings (SSSR count). The summed E-state index contributed by atoms with van der Waals surface area (Å²) < 4.78 is 6.39. The fraction of sp³-hybridized carbons (Fsp3) is 1.00. The van der Waals surface area contributed by atoms with Crippen LogP contribution in [0.5, 0.6) is 0 Å². The standard InChI is InChI=1S/C21H45NOSi/c1-7-8-9-10-11-12-13-14-15-19-16-17-20(22-19)18-23-24(5,6)21(2,3)4/h19-20,22H,7-18H2,1-6H3/t19-,20-/m0/s1. The molecule has 0 amide bonds. The molecule has 0 saturated carbocycles. The first kappa shape index (κ1) is 22.2. The van der Waals surface area contributed by atoms with Gasteiger partial charge in [0.2, 0.25) is 0 Å². The van der Waals surface area contributed by atoms with Gasteiger partial charge in [0, 0.05) is 18.7 Å². The van der Waals surface area contributed by atoms with Gasteiger partial charge in [-0.15, -0.1) is 0 Å². The van der Waals surface area contributed by atoms with Gasteiger partial charge >= 0.3 is 0 Å². The minimum atomic E-state index is -1.58. The summed E-state index contributed by atoms with van der Waals surface area (Å²) in [7, 11) is -1.58. The molecule has 1 N–H and O–H groups in total. The van der Waals surface area contributed by atoms with Crippen molar-refractivity contribution in [2.45, 2.75) is 129 Å². The summed E-state index contributed by atoms with van der Waals surface area (Å²) in [6.45, 7) is 14.9. The monoisotopic (exact) mass is 355 g/mol. The molecular weight excluding hydrogens is 310 g/mol.